The zero-order valence-corrected chi connectivity index (χ0v) is 9.14. The summed E-state index contributed by atoms with van der Waals surface area (Å²) in [6.45, 7) is 0.594. The summed E-state index contributed by atoms with van der Waals surface area (Å²) in [7, 11) is 0. The Balaban J connectivity index is 2.05. The van der Waals surface area contributed by atoms with Crippen LogP contribution in [-0.4, -0.2) is 24.6 Å². The summed E-state index contributed by atoms with van der Waals surface area (Å²) < 4.78 is 5.22. The Bertz CT molecular complexity index is 438. The fraction of sp³-hybridized carbons (Fsp3) is 0.333. The van der Waals surface area contributed by atoms with Gasteiger partial charge >= 0.3 is 0 Å². The van der Waals surface area contributed by atoms with Crippen LogP contribution in [0, 0.1) is 0 Å². The standard InChI is InChI=1S/C12H13NO4/c14-11(10-5-2-6-17-10)13-9-4-1-3-8(7-9)12(15)16/h1,3-4,7,10H,2,5-6H2,(H,13,14)(H,15,16)/p-1/t10-/m0/s1. The van der Waals surface area contributed by atoms with Crippen LogP contribution in [-0.2, 0) is 9.53 Å². The smallest absolute Gasteiger partial charge is 0.253 e. The minimum Gasteiger partial charge on any atom is -0.545 e. The fourth-order valence-corrected chi connectivity index (χ4v) is 1.73. The third kappa shape index (κ3) is 2.82. The number of benzene rings is 1. The van der Waals surface area contributed by atoms with E-state index in [9.17, 15) is 14.7 Å². The molecular formula is C12H12NO4-. The lowest BCUT2D eigenvalue weighted by Crippen LogP contribution is -2.27. The van der Waals surface area contributed by atoms with Gasteiger partial charge in [-0.15, -0.1) is 0 Å². The van der Waals surface area contributed by atoms with Crippen molar-refractivity contribution in [2.24, 2.45) is 0 Å². The van der Waals surface area contributed by atoms with E-state index in [2.05, 4.69) is 5.32 Å². The molecule has 5 heteroatoms. The largest absolute Gasteiger partial charge is 0.545 e. The Morgan fingerprint density at radius 3 is 2.88 bits per heavy atom. The van der Waals surface area contributed by atoms with Crippen LogP contribution in [0.15, 0.2) is 24.3 Å². The Morgan fingerprint density at radius 2 is 2.24 bits per heavy atom. The second-order valence-electron chi connectivity index (χ2n) is 3.86. The van der Waals surface area contributed by atoms with Crippen LogP contribution < -0.4 is 10.4 Å². The summed E-state index contributed by atoms with van der Waals surface area (Å²) in [5.74, 6) is -1.50. The van der Waals surface area contributed by atoms with Crippen LogP contribution in [0.2, 0.25) is 0 Å². The summed E-state index contributed by atoms with van der Waals surface area (Å²) >= 11 is 0. The number of nitrogens with one attached hydrogen (secondary N) is 1. The molecule has 2 rings (SSSR count). The van der Waals surface area contributed by atoms with E-state index >= 15 is 0 Å². The van der Waals surface area contributed by atoms with Crippen LogP contribution in [0.3, 0.4) is 0 Å². The summed E-state index contributed by atoms with van der Waals surface area (Å²) in [6.07, 6.45) is 1.14. The maximum absolute atomic E-state index is 11.7. The lowest BCUT2D eigenvalue weighted by Gasteiger charge is -2.11. The van der Waals surface area contributed by atoms with Crippen LogP contribution in [0.1, 0.15) is 23.2 Å². The van der Waals surface area contributed by atoms with Gasteiger partial charge in [0.25, 0.3) is 5.91 Å². The van der Waals surface area contributed by atoms with E-state index in [1.807, 2.05) is 0 Å². The molecule has 1 saturated heterocycles. The number of carbonyl (C=O) groups is 2. The van der Waals surface area contributed by atoms with Gasteiger partial charge in [0.05, 0.1) is 5.97 Å². The molecule has 1 fully saturated rings. The summed E-state index contributed by atoms with van der Waals surface area (Å²) in [6, 6.07) is 5.95. The van der Waals surface area contributed by atoms with Gasteiger partial charge in [-0.3, -0.25) is 4.79 Å². The minimum atomic E-state index is -1.27. The minimum absolute atomic E-state index is 0.0372. The molecular weight excluding hydrogens is 222 g/mol. The Hall–Kier alpha value is -1.88. The number of anilines is 1. The molecule has 0 radical (unpaired) electrons. The van der Waals surface area contributed by atoms with Gasteiger partial charge in [0.1, 0.15) is 6.10 Å². The molecule has 5 nitrogen and oxygen atoms in total. The molecule has 0 bridgehead atoms. The zero-order chi connectivity index (χ0) is 12.3. The Morgan fingerprint density at radius 1 is 1.41 bits per heavy atom. The third-order valence-electron chi connectivity index (χ3n) is 2.59. The predicted octanol–water partition coefficient (Wildman–Crippen LogP) is 0.168. The Kier molecular flexibility index (Phi) is 3.39. The third-order valence-corrected chi connectivity index (χ3v) is 2.59. The molecule has 0 aromatic heterocycles. The number of ether oxygens (including phenoxy) is 1. The number of amides is 1. The van der Waals surface area contributed by atoms with Crippen molar-refractivity contribution >= 4 is 17.6 Å². The molecule has 1 aliphatic heterocycles. The van der Waals surface area contributed by atoms with E-state index in [0.717, 1.165) is 6.42 Å². The van der Waals surface area contributed by atoms with E-state index in [-0.39, 0.29) is 11.5 Å². The normalized spacial score (nSPS) is 18.9. The first kappa shape index (κ1) is 11.6. The Labute approximate surface area is 98.4 Å². The topological polar surface area (TPSA) is 78.5 Å². The van der Waals surface area contributed by atoms with Gasteiger partial charge in [-0.1, -0.05) is 12.1 Å². The van der Waals surface area contributed by atoms with Crippen LogP contribution in [0.4, 0.5) is 5.69 Å². The maximum atomic E-state index is 11.7. The number of hydrogen-bond donors (Lipinski definition) is 1. The van der Waals surface area contributed by atoms with Crippen molar-refractivity contribution in [3.05, 3.63) is 29.8 Å². The van der Waals surface area contributed by atoms with E-state index < -0.39 is 12.1 Å². The van der Waals surface area contributed by atoms with Crippen molar-refractivity contribution < 1.29 is 19.4 Å². The lowest BCUT2D eigenvalue weighted by molar-refractivity contribution is -0.255. The van der Waals surface area contributed by atoms with Gasteiger partial charge in [-0.25, -0.2) is 0 Å². The van der Waals surface area contributed by atoms with Crippen molar-refractivity contribution in [2.45, 2.75) is 18.9 Å². The predicted molar refractivity (Wildman–Crippen MR) is 58.4 cm³/mol. The molecule has 0 saturated carbocycles. The van der Waals surface area contributed by atoms with Crippen molar-refractivity contribution in [1.82, 2.24) is 0 Å². The van der Waals surface area contributed by atoms with Gasteiger partial charge < -0.3 is 20.0 Å². The molecule has 0 aliphatic carbocycles. The molecule has 1 aromatic carbocycles. The van der Waals surface area contributed by atoms with Crippen LogP contribution in [0.25, 0.3) is 0 Å². The highest BCUT2D eigenvalue weighted by atomic mass is 16.5. The van der Waals surface area contributed by atoms with Gasteiger partial charge in [0.15, 0.2) is 0 Å². The molecule has 1 aromatic rings. The number of carbonyl (C=O) groups excluding carboxylic acids is 2. The molecule has 17 heavy (non-hydrogen) atoms. The number of carboxylic acid groups (broad SMARTS) is 1. The second kappa shape index (κ2) is 4.97. The molecule has 1 N–H and O–H groups in total. The molecule has 1 atom stereocenters. The first-order valence-corrected chi connectivity index (χ1v) is 5.41. The first-order valence-electron chi connectivity index (χ1n) is 5.41. The second-order valence-corrected chi connectivity index (χ2v) is 3.86. The molecule has 1 amide bonds. The average Bonchev–Trinajstić information content (AvgIpc) is 2.82. The van der Waals surface area contributed by atoms with Gasteiger partial charge in [0.2, 0.25) is 0 Å². The monoisotopic (exact) mass is 234 g/mol. The van der Waals surface area contributed by atoms with Gasteiger partial charge in [0, 0.05) is 12.3 Å². The van der Waals surface area contributed by atoms with Crippen LogP contribution >= 0.6 is 0 Å². The molecule has 1 heterocycles. The van der Waals surface area contributed by atoms with Crippen LogP contribution in [0.5, 0.6) is 0 Å². The quantitative estimate of drug-likeness (QED) is 0.808. The van der Waals surface area contributed by atoms with E-state index in [4.69, 9.17) is 4.74 Å². The number of rotatable bonds is 3. The highest BCUT2D eigenvalue weighted by Crippen LogP contribution is 2.16. The van der Waals surface area contributed by atoms with Crippen molar-refractivity contribution in [2.75, 3.05) is 11.9 Å². The summed E-state index contributed by atoms with van der Waals surface area (Å²) in [5, 5.41) is 13.3. The molecule has 90 valence electrons. The summed E-state index contributed by atoms with van der Waals surface area (Å²) in [5.41, 5.74) is 0.474. The lowest BCUT2D eigenvalue weighted by atomic mass is 10.2. The number of aromatic carboxylic acids is 1. The fourth-order valence-electron chi connectivity index (χ4n) is 1.73. The van der Waals surface area contributed by atoms with Gasteiger partial charge in [-0.05, 0) is 30.5 Å². The summed E-state index contributed by atoms with van der Waals surface area (Å²) in [4.78, 5) is 22.3. The SMILES string of the molecule is O=C([O-])c1cccc(NC(=O)[C@@H]2CCCO2)c1. The average molecular weight is 234 g/mol. The van der Waals surface area contributed by atoms with Crippen molar-refractivity contribution in [3.63, 3.8) is 0 Å². The van der Waals surface area contributed by atoms with Crippen molar-refractivity contribution in [3.8, 4) is 0 Å². The highest BCUT2D eigenvalue weighted by molar-refractivity contribution is 5.95. The van der Waals surface area contributed by atoms with E-state index in [1.165, 1.54) is 12.1 Å². The van der Waals surface area contributed by atoms with Gasteiger partial charge in [-0.2, -0.15) is 0 Å². The highest BCUT2D eigenvalue weighted by Gasteiger charge is 2.23. The molecule has 0 unspecified atom stereocenters. The molecule has 0 spiro atoms. The first-order chi connectivity index (χ1) is 8.16. The number of hydrogen-bond acceptors (Lipinski definition) is 4. The van der Waals surface area contributed by atoms with E-state index in [1.54, 1.807) is 12.1 Å². The van der Waals surface area contributed by atoms with E-state index in [0.29, 0.717) is 18.7 Å². The number of carboxylic acids is 1. The van der Waals surface area contributed by atoms with Crippen molar-refractivity contribution in [1.29, 1.82) is 0 Å². The molecule has 1 aliphatic rings. The zero-order valence-electron chi connectivity index (χ0n) is 9.14. The maximum Gasteiger partial charge on any atom is 0.253 e.